The molecule has 3 rings (SSSR count). The molecule has 10 heteroatoms. The van der Waals surface area contributed by atoms with Gasteiger partial charge in [-0.2, -0.15) is 8.25 Å². The lowest BCUT2D eigenvalue weighted by Gasteiger charge is -2.24. The van der Waals surface area contributed by atoms with Gasteiger partial charge in [-0.25, -0.2) is 4.72 Å². The number of benzene rings is 1. The van der Waals surface area contributed by atoms with Gasteiger partial charge in [0.2, 0.25) is 0 Å². The summed E-state index contributed by atoms with van der Waals surface area (Å²) in [5.41, 5.74) is 4.53. The number of rotatable bonds is 2. The van der Waals surface area contributed by atoms with E-state index >= 15 is 0 Å². The van der Waals surface area contributed by atoms with Crippen molar-refractivity contribution in [2.24, 2.45) is 0 Å². The Bertz CT molecular complexity index is 639. The molecular weight excluding hydrogens is 370 g/mol. The minimum Gasteiger partial charge on any atom is -0.268 e. The SMILES string of the molecule is Cc1ccccc1C(=O)NN1SNSNSNC2C=CC=C2S1. The van der Waals surface area contributed by atoms with Crippen molar-refractivity contribution in [2.45, 2.75) is 13.0 Å². The van der Waals surface area contributed by atoms with Crippen LogP contribution in [0.15, 0.2) is 47.4 Å². The average Bonchev–Trinajstić information content (AvgIpc) is 2.98. The first-order chi connectivity index (χ1) is 11.2. The van der Waals surface area contributed by atoms with Crippen molar-refractivity contribution < 1.29 is 4.79 Å². The molecule has 1 fully saturated rings. The predicted molar refractivity (Wildman–Crippen MR) is 101 cm³/mol. The van der Waals surface area contributed by atoms with E-state index in [9.17, 15) is 4.79 Å². The topological polar surface area (TPSA) is 68.4 Å². The largest absolute Gasteiger partial charge is 0.268 e. The number of fused-ring (bicyclic) bond motifs is 1. The molecule has 1 heterocycles. The van der Waals surface area contributed by atoms with Gasteiger partial charge in [-0.3, -0.25) is 10.2 Å². The zero-order valence-corrected chi connectivity index (χ0v) is 15.4. The van der Waals surface area contributed by atoms with Gasteiger partial charge in [0.15, 0.2) is 0 Å². The molecule has 23 heavy (non-hydrogen) atoms. The predicted octanol–water partition coefficient (Wildman–Crippen LogP) is 2.88. The average molecular weight is 386 g/mol. The molecule has 1 amide bonds. The van der Waals surface area contributed by atoms with Crippen LogP contribution in [-0.4, -0.2) is 15.8 Å². The molecule has 0 radical (unpaired) electrons. The lowest BCUT2D eigenvalue weighted by molar-refractivity contribution is 0.0922. The van der Waals surface area contributed by atoms with Crippen LogP contribution >= 0.6 is 48.3 Å². The summed E-state index contributed by atoms with van der Waals surface area (Å²) in [7, 11) is 0. The van der Waals surface area contributed by atoms with E-state index in [0.717, 1.165) is 10.5 Å². The lowest BCUT2D eigenvalue weighted by atomic mass is 10.1. The maximum absolute atomic E-state index is 12.5. The maximum Gasteiger partial charge on any atom is 0.267 e. The van der Waals surface area contributed by atoms with Crippen LogP contribution in [0.4, 0.5) is 0 Å². The van der Waals surface area contributed by atoms with Gasteiger partial charge in [-0.15, -0.1) is 0 Å². The number of hydrazine groups is 1. The molecule has 1 saturated heterocycles. The zero-order chi connectivity index (χ0) is 16.1. The second kappa shape index (κ2) is 8.49. The van der Waals surface area contributed by atoms with Gasteiger partial charge in [-0.05, 0) is 36.6 Å². The number of amides is 1. The highest BCUT2D eigenvalue weighted by Gasteiger charge is 2.22. The maximum atomic E-state index is 12.5. The van der Waals surface area contributed by atoms with Crippen LogP contribution in [-0.2, 0) is 0 Å². The van der Waals surface area contributed by atoms with Gasteiger partial charge in [0.1, 0.15) is 0 Å². The fourth-order valence-corrected chi connectivity index (χ4v) is 5.10. The highest BCUT2D eigenvalue weighted by atomic mass is 32.3. The van der Waals surface area contributed by atoms with Gasteiger partial charge >= 0.3 is 0 Å². The molecule has 0 bridgehead atoms. The van der Waals surface area contributed by atoms with Gasteiger partial charge < -0.3 is 0 Å². The molecule has 0 aromatic heterocycles. The number of allylic oxidation sites excluding steroid dienone is 2. The van der Waals surface area contributed by atoms with Crippen LogP contribution in [0.1, 0.15) is 15.9 Å². The van der Waals surface area contributed by atoms with Crippen molar-refractivity contribution in [3.05, 3.63) is 58.5 Å². The number of nitrogens with one attached hydrogen (secondary N) is 4. The summed E-state index contributed by atoms with van der Waals surface area (Å²) >= 11 is 5.52. The molecule has 1 aromatic rings. The number of hydrogen-bond acceptors (Lipinski definition) is 9. The summed E-state index contributed by atoms with van der Waals surface area (Å²) in [5.74, 6) is -0.134. The van der Waals surface area contributed by atoms with E-state index in [1.165, 1.54) is 48.3 Å². The second-order valence-electron chi connectivity index (χ2n) is 4.62. The molecule has 1 aliphatic heterocycles. The summed E-state index contributed by atoms with van der Waals surface area (Å²) in [6.45, 7) is 1.93. The molecule has 1 atom stereocenters. The van der Waals surface area contributed by atoms with Gasteiger partial charge in [-0.1, -0.05) is 34.2 Å². The van der Waals surface area contributed by atoms with Crippen LogP contribution < -0.4 is 18.4 Å². The van der Waals surface area contributed by atoms with Crippen LogP contribution in [0.2, 0.25) is 0 Å². The Morgan fingerprint density at radius 3 is 3.00 bits per heavy atom. The van der Waals surface area contributed by atoms with E-state index in [1.54, 1.807) is 3.82 Å². The van der Waals surface area contributed by atoms with E-state index in [1.807, 2.05) is 43.3 Å². The molecule has 0 spiro atoms. The molecule has 1 aliphatic carbocycles. The molecule has 6 nitrogen and oxygen atoms in total. The standard InChI is InChI=1S/C13H15N5OS4/c1-9-5-2-3-6-10(9)13(19)14-18-20-12-8-4-7-11(12)15-21-16-22-17-23-18/h2-8,11,15-17H,1H3,(H,14,19). The molecule has 4 N–H and O–H groups in total. The number of aryl methyl sites for hydroxylation is 1. The quantitative estimate of drug-likeness (QED) is 0.575. The fraction of sp³-hybridized carbons (Fsp3) is 0.154. The molecule has 2 aliphatic rings. The minimum atomic E-state index is -0.134. The Labute approximate surface area is 152 Å². The smallest absolute Gasteiger partial charge is 0.267 e. The number of hydrogen-bond donors (Lipinski definition) is 4. The first-order valence-corrected chi connectivity index (χ1v) is 9.89. The minimum absolute atomic E-state index is 0.120. The third-order valence-electron chi connectivity index (χ3n) is 3.07. The molecule has 0 saturated carbocycles. The van der Waals surface area contributed by atoms with Crippen molar-refractivity contribution in [1.82, 2.24) is 22.2 Å². The third kappa shape index (κ3) is 4.70. The summed E-state index contributed by atoms with van der Waals surface area (Å²) in [5, 5.41) is 0. The summed E-state index contributed by atoms with van der Waals surface area (Å²) in [4.78, 5) is 13.6. The van der Waals surface area contributed by atoms with E-state index in [0.29, 0.717) is 5.56 Å². The molecular formula is C13H15N5OS4. The van der Waals surface area contributed by atoms with E-state index in [2.05, 4.69) is 24.5 Å². The van der Waals surface area contributed by atoms with E-state index < -0.39 is 0 Å². The summed E-state index contributed by atoms with van der Waals surface area (Å²) in [6, 6.07) is 7.66. The normalized spacial score (nSPS) is 22.3. The van der Waals surface area contributed by atoms with Crippen molar-refractivity contribution in [2.75, 3.05) is 0 Å². The molecule has 1 unspecified atom stereocenters. The van der Waals surface area contributed by atoms with Crippen LogP contribution in [0.25, 0.3) is 0 Å². The van der Waals surface area contributed by atoms with E-state index in [-0.39, 0.29) is 11.9 Å². The van der Waals surface area contributed by atoms with Crippen LogP contribution in [0.3, 0.4) is 0 Å². The lowest BCUT2D eigenvalue weighted by Crippen LogP contribution is -2.36. The Morgan fingerprint density at radius 2 is 2.13 bits per heavy atom. The van der Waals surface area contributed by atoms with E-state index in [4.69, 9.17) is 0 Å². The monoisotopic (exact) mass is 385 g/mol. The first-order valence-electron chi connectivity index (χ1n) is 6.71. The van der Waals surface area contributed by atoms with Gasteiger partial charge in [0.25, 0.3) is 5.91 Å². The summed E-state index contributed by atoms with van der Waals surface area (Å²) < 4.78 is 11.1. The van der Waals surface area contributed by atoms with Crippen molar-refractivity contribution in [3.8, 4) is 0 Å². The highest BCUT2D eigenvalue weighted by molar-refractivity contribution is 8.21. The fourth-order valence-electron chi connectivity index (χ4n) is 1.95. The molecule has 1 aromatic carbocycles. The first kappa shape index (κ1) is 17.2. The second-order valence-corrected chi connectivity index (χ2v) is 8.39. The summed E-state index contributed by atoms with van der Waals surface area (Å²) in [6.07, 6.45) is 6.11. The Hall–Kier alpha value is -0.590. The van der Waals surface area contributed by atoms with Gasteiger partial charge in [0.05, 0.1) is 18.2 Å². The molecule has 122 valence electrons. The highest BCUT2D eigenvalue weighted by Crippen LogP contribution is 2.32. The van der Waals surface area contributed by atoms with Gasteiger partial charge in [0, 0.05) is 34.7 Å². The van der Waals surface area contributed by atoms with Crippen LogP contribution in [0.5, 0.6) is 0 Å². The number of carbonyl (C=O) groups excluding carboxylic acids is 1. The Morgan fingerprint density at radius 1 is 1.26 bits per heavy atom. The van der Waals surface area contributed by atoms with Crippen molar-refractivity contribution in [3.63, 3.8) is 0 Å². The van der Waals surface area contributed by atoms with Crippen LogP contribution in [0, 0.1) is 6.92 Å². The zero-order valence-electron chi connectivity index (χ0n) is 12.1. The Balaban J connectivity index is 1.69. The number of nitrogens with zero attached hydrogens (tertiary/aromatic N) is 1. The number of carbonyl (C=O) groups is 1. The van der Waals surface area contributed by atoms with Crippen molar-refractivity contribution in [1.29, 1.82) is 0 Å². The third-order valence-corrected chi connectivity index (χ3v) is 6.30. The Kier molecular flexibility index (Phi) is 6.36. The van der Waals surface area contributed by atoms with Crippen molar-refractivity contribution >= 4 is 54.3 Å².